The quantitative estimate of drug-likeness (QED) is 0.614. The van der Waals surface area contributed by atoms with Gasteiger partial charge in [0, 0.05) is 0 Å². The molecule has 0 aromatic heterocycles. The molecule has 0 aliphatic rings. The molecule has 0 aliphatic carbocycles. The van der Waals surface area contributed by atoms with Gasteiger partial charge < -0.3 is 14.4 Å². The van der Waals surface area contributed by atoms with Crippen molar-refractivity contribution in [2.75, 3.05) is 0 Å². The fraction of sp³-hybridized carbons (Fsp3) is 1.00. The van der Waals surface area contributed by atoms with Crippen molar-refractivity contribution >= 4 is 15.6 Å². The minimum atomic E-state index is -1.78. The molecule has 3 nitrogen and oxygen atoms in total. The van der Waals surface area contributed by atoms with Crippen LogP contribution >= 0.6 is 0 Å². The average Bonchev–Trinajstić information content (AvgIpc) is 2.00. The first-order chi connectivity index (χ1) is 5.10. The number of rotatable bonds is 5. The third kappa shape index (κ3) is 3.38. The predicted octanol–water partition coefficient (Wildman–Crippen LogP) is 0.978. The van der Waals surface area contributed by atoms with Gasteiger partial charge in [-0.05, 0) is 18.1 Å². The Hall–Kier alpha value is 0.162. The minimum absolute atomic E-state index is 0.942. The van der Waals surface area contributed by atoms with Crippen LogP contribution < -0.4 is 0 Å². The third-order valence-electron chi connectivity index (χ3n) is 2.29. The Bertz CT molecular complexity index is 97.7. The van der Waals surface area contributed by atoms with Crippen molar-refractivity contribution in [3.05, 3.63) is 0 Å². The van der Waals surface area contributed by atoms with Gasteiger partial charge in [-0.25, -0.2) is 0 Å². The van der Waals surface area contributed by atoms with Crippen LogP contribution in [0.5, 0.6) is 0 Å². The third-order valence-corrected chi connectivity index (χ3v) is 6.87. The van der Waals surface area contributed by atoms with Crippen LogP contribution in [0.3, 0.4) is 0 Å². The van der Waals surface area contributed by atoms with Gasteiger partial charge in [0.05, 0.1) is 0 Å². The van der Waals surface area contributed by atoms with E-state index < -0.39 is 15.6 Å². The fourth-order valence-electron chi connectivity index (χ4n) is 1.22. The van der Waals surface area contributed by atoms with Crippen LogP contribution in [0.1, 0.15) is 20.8 Å². The number of hydrogen-bond donors (Lipinski definition) is 2. The summed E-state index contributed by atoms with van der Waals surface area (Å²) in [5.41, 5.74) is 0. The second-order valence-corrected chi connectivity index (χ2v) is 7.41. The summed E-state index contributed by atoms with van der Waals surface area (Å²) in [7, 11) is -3.36. The highest BCUT2D eigenvalue weighted by molar-refractivity contribution is 6.77. The lowest BCUT2D eigenvalue weighted by molar-refractivity contribution is 0.280. The summed E-state index contributed by atoms with van der Waals surface area (Å²) >= 11 is 0. The van der Waals surface area contributed by atoms with Gasteiger partial charge in [0.2, 0.25) is 0 Å². The summed E-state index contributed by atoms with van der Waals surface area (Å²) in [6, 6.07) is 2.83. The van der Waals surface area contributed by atoms with Crippen LogP contribution in [-0.4, -0.2) is 25.7 Å². The van der Waals surface area contributed by atoms with Gasteiger partial charge in [-0.1, -0.05) is 20.8 Å². The molecule has 0 bridgehead atoms. The molecule has 2 N–H and O–H groups in total. The molecule has 0 aromatic rings. The zero-order chi connectivity index (χ0) is 8.91. The maximum atomic E-state index is 8.65. The van der Waals surface area contributed by atoms with Crippen molar-refractivity contribution in [2.24, 2.45) is 0 Å². The molecule has 0 spiro atoms. The normalized spacial score (nSPS) is 11.7. The van der Waals surface area contributed by atoms with Gasteiger partial charge in [0.25, 0.3) is 0 Å². The monoisotopic (exact) mass is 176 g/mol. The average molecular weight is 176 g/mol. The summed E-state index contributed by atoms with van der Waals surface area (Å²) in [5, 5.41) is 17.3. The molecule has 0 saturated carbocycles. The van der Waals surface area contributed by atoms with E-state index in [1.807, 2.05) is 20.8 Å². The van der Waals surface area contributed by atoms with E-state index in [9.17, 15) is 0 Å². The van der Waals surface area contributed by atoms with Crippen molar-refractivity contribution in [1.82, 2.24) is 0 Å². The van der Waals surface area contributed by atoms with Gasteiger partial charge in [-0.15, -0.1) is 0 Å². The Kier molecular flexibility index (Phi) is 5.00. The van der Waals surface area contributed by atoms with Gasteiger partial charge >= 0.3 is 7.32 Å². The second kappa shape index (κ2) is 4.92. The SMILES string of the molecule is CC[Si](CC)(CC)OB(O)O. The Morgan fingerprint density at radius 1 is 1.09 bits per heavy atom. The smallest absolute Gasteiger partial charge is 0.428 e. The topological polar surface area (TPSA) is 49.7 Å². The van der Waals surface area contributed by atoms with Gasteiger partial charge in [-0.2, -0.15) is 0 Å². The molecular weight excluding hydrogens is 159 g/mol. The van der Waals surface area contributed by atoms with Crippen LogP contribution in [0.15, 0.2) is 0 Å². The molecule has 5 heteroatoms. The lowest BCUT2D eigenvalue weighted by atomic mass is 10.3. The Balaban J connectivity index is 4.05. The van der Waals surface area contributed by atoms with Gasteiger partial charge in [0.15, 0.2) is 8.32 Å². The first-order valence-electron chi connectivity index (χ1n) is 4.14. The van der Waals surface area contributed by atoms with Gasteiger partial charge in [-0.3, -0.25) is 0 Å². The van der Waals surface area contributed by atoms with E-state index in [-0.39, 0.29) is 0 Å². The summed E-state index contributed by atoms with van der Waals surface area (Å²) in [5.74, 6) is 0. The number of hydrogen-bond acceptors (Lipinski definition) is 3. The van der Waals surface area contributed by atoms with Crippen LogP contribution in [-0.2, 0) is 4.34 Å². The van der Waals surface area contributed by atoms with E-state index in [4.69, 9.17) is 14.4 Å². The van der Waals surface area contributed by atoms with Crippen molar-refractivity contribution < 1.29 is 14.4 Å². The Morgan fingerprint density at radius 3 is 1.55 bits per heavy atom. The summed E-state index contributed by atoms with van der Waals surface area (Å²) in [6.07, 6.45) is 0. The fourth-order valence-corrected chi connectivity index (χ4v) is 3.67. The molecule has 0 radical (unpaired) electrons. The molecule has 0 aliphatic heterocycles. The van der Waals surface area contributed by atoms with Crippen LogP contribution in [0.4, 0.5) is 0 Å². The van der Waals surface area contributed by atoms with Gasteiger partial charge in [0.1, 0.15) is 0 Å². The molecule has 0 aromatic carbocycles. The summed E-state index contributed by atoms with van der Waals surface area (Å²) in [6.45, 7) is 6.13. The maximum absolute atomic E-state index is 8.65. The lowest BCUT2D eigenvalue weighted by Crippen LogP contribution is -2.42. The van der Waals surface area contributed by atoms with E-state index in [1.54, 1.807) is 0 Å². The zero-order valence-corrected chi connectivity index (χ0v) is 8.50. The van der Waals surface area contributed by atoms with E-state index >= 15 is 0 Å². The molecule has 0 atom stereocenters. The van der Waals surface area contributed by atoms with Crippen molar-refractivity contribution in [2.45, 2.75) is 38.9 Å². The molecule has 0 saturated heterocycles. The highest BCUT2D eigenvalue weighted by Crippen LogP contribution is 2.21. The van der Waals surface area contributed by atoms with Crippen LogP contribution in [0.2, 0.25) is 18.1 Å². The van der Waals surface area contributed by atoms with Crippen LogP contribution in [0, 0.1) is 0 Å². The first-order valence-corrected chi connectivity index (χ1v) is 6.67. The summed E-state index contributed by atoms with van der Waals surface area (Å²) < 4.78 is 5.14. The molecule has 0 unspecified atom stereocenters. The standard InChI is InChI=1S/C6H17BO3Si/c1-4-11(5-2,6-3)10-7(8)9/h8-9H,4-6H2,1-3H3. The first kappa shape index (κ1) is 11.2. The van der Waals surface area contributed by atoms with E-state index in [0.29, 0.717) is 0 Å². The highest BCUT2D eigenvalue weighted by atomic mass is 28.4. The van der Waals surface area contributed by atoms with E-state index in [0.717, 1.165) is 18.1 Å². The minimum Gasteiger partial charge on any atom is -0.428 e. The maximum Gasteiger partial charge on any atom is 0.622 e. The molecule has 0 heterocycles. The van der Waals surface area contributed by atoms with E-state index in [1.165, 1.54) is 0 Å². The van der Waals surface area contributed by atoms with Crippen molar-refractivity contribution in [1.29, 1.82) is 0 Å². The zero-order valence-electron chi connectivity index (χ0n) is 7.50. The molecule has 0 rings (SSSR count). The lowest BCUT2D eigenvalue weighted by Gasteiger charge is -2.27. The molecule has 66 valence electrons. The van der Waals surface area contributed by atoms with Crippen LogP contribution in [0.25, 0.3) is 0 Å². The Morgan fingerprint density at radius 2 is 1.45 bits per heavy atom. The summed E-state index contributed by atoms with van der Waals surface area (Å²) in [4.78, 5) is 0. The highest BCUT2D eigenvalue weighted by Gasteiger charge is 2.32. The largest absolute Gasteiger partial charge is 0.622 e. The van der Waals surface area contributed by atoms with Crippen molar-refractivity contribution in [3.63, 3.8) is 0 Å². The molecule has 0 fully saturated rings. The molecule has 0 amide bonds. The predicted molar refractivity (Wildman–Crippen MR) is 48.5 cm³/mol. The van der Waals surface area contributed by atoms with E-state index in [2.05, 4.69) is 0 Å². The second-order valence-electron chi connectivity index (χ2n) is 2.69. The van der Waals surface area contributed by atoms with Crippen molar-refractivity contribution in [3.8, 4) is 0 Å². The molecular formula is C6H17BO3Si. The Labute approximate surface area is 69.7 Å². The molecule has 11 heavy (non-hydrogen) atoms.